The third-order valence-electron chi connectivity index (χ3n) is 5.00. The molecule has 0 radical (unpaired) electrons. The molecular weight excluding hydrogens is 312 g/mol. The van der Waals surface area contributed by atoms with E-state index < -0.39 is 0 Å². The van der Waals surface area contributed by atoms with Crippen LogP contribution < -0.4 is 5.32 Å². The van der Waals surface area contributed by atoms with E-state index in [2.05, 4.69) is 27.8 Å². The summed E-state index contributed by atoms with van der Waals surface area (Å²) in [4.78, 5) is 19.3. The number of hydrogen-bond donors (Lipinski definition) is 1. The Morgan fingerprint density at radius 2 is 1.92 bits per heavy atom. The smallest absolute Gasteiger partial charge is 0.226 e. The number of fused-ring (bicyclic) bond motifs is 1. The maximum atomic E-state index is 11.9. The summed E-state index contributed by atoms with van der Waals surface area (Å²) in [7, 11) is 0. The highest BCUT2D eigenvalue weighted by molar-refractivity contribution is 5.94. The number of likely N-dealkylation sites (tertiary alicyclic amines) is 1. The number of nitrogens with zero attached hydrogens (tertiary/aromatic N) is 3. The van der Waals surface area contributed by atoms with E-state index in [1.54, 1.807) is 0 Å². The van der Waals surface area contributed by atoms with E-state index in [0.717, 1.165) is 35.6 Å². The van der Waals surface area contributed by atoms with E-state index >= 15 is 0 Å². The fourth-order valence-corrected chi connectivity index (χ4v) is 3.51. The summed E-state index contributed by atoms with van der Waals surface area (Å²) < 4.78 is 2.30. The molecule has 1 amide bonds. The Kier molecular flexibility index (Phi) is 5.74. The average Bonchev–Trinajstić information content (AvgIpc) is 2.74. The van der Waals surface area contributed by atoms with Gasteiger partial charge in [0.1, 0.15) is 5.82 Å². The first-order valence-electron chi connectivity index (χ1n) is 9.61. The lowest BCUT2D eigenvalue weighted by Gasteiger charge is -2.19. The van der Waals surface area contributed by atoms with Gasteiger partial charge in [0.15, 0.2) is 0 Å². The summed E-state index contributed by atoms with van der Waals surface area (Å²) in [5.74, 6) is 1.15. The first-order chi connectivity index (χ1) is 12.1. The van der Waals surface area contributed by atoms with Crippen molar-refractivity contribution >= 4 is 22.6 Å². The van der Waals surface area contributed by atoms with Gasteiger partial charge in [-0.3, -0.25) is 9.69 Å². The summed E-state index contributed by atoms with van der Waals surface area (Å²) in [6, 6.07) is 6.05. The van der Waals surface area contributed by atoms with E-state index in [-0.39, 0.29) is 11.8 Å². The lowest BCUT2D eigenvalue weighted by molar-refractivity contribution is -0.118. The van der Waals surface area contributed by atoms with Crippen molar-refractivity contribution in [2.24, 2.45) is 5.92 Å². The van der Waals surface area contributed by atoms with Crippen molar-refractivity contribution < 1.29 is 4.79 Å². The lowest BCUT2D eigenvalue weighted by Crippen LogP contribution is -2.25. The number of aromatic nitrogens is 2. The molecular formula is C20H30N4O. The molecule has 25 heavy (non-hydrogen) atoms. The molecule has 1 aromatic carbocycles. The van der Waals surface area contributed by atoms with Gasteiger partial charge in [0, 0.05) is 18.2 Å². The van der Waals surface area contributed by atoms with E-state index in [4.69, 9.17) is 4.98 Å². The predicted octanol–water partition coefficient (Wildman–Crippen LogP) is 4.03. The molecule has 2 heterocycles. The van der Waals surface area contributed by atoms with Gasteiger partial charge in [-0.2, -0.15) is 0 Å². The van der Waals surface area contributed by atoms with Crippen LogP contribution in [0.3, 0.4) is 0 Å². The summed E-state index contributed by atoms with van der Waals surface area (Å²) in [5, 5.41) is 2.97. The van der Waals surface area contributed by atoms with Crippen molar-refractivity contribution in [3.63, 3.8) is 0 Å². The Bertz CT molecular complexity index is 727. The maximum absolute atomic E-state index is 11.9. The third-order valence-corrected chi connectivity index (χ3v) is 5.00. The molecule has 0 aliphatic carbocycles. The first-order valence-corrected chi connectivity index (χ1v) is 9.61. The van der Waals surface area contributed by atoms with Gasteiger partial charge in [0.05, 0.1) is 17.6 Å². The normalized spacial score (nSPS) is 16.3. The number of nitrogens with one attached hydrogen (secondary N) is 1. The molecule has 2 aromatic rings. The van der Waals surface area contributed by atoms with Crippen LogP contribution in [0, 0.1) is 5.92 Å². The quantitative estimate of drug-likeness (QED) is 0.892. The molecule has 1 aliphatic heterocycles. The van der Waals surface area contributed by atoms with Crippen LogP contribution >= 0.6 is 0 Å². The standard InChI is InChI=1S/C20H30N4O/c1-4-24-18-10-9-16(21-20(25)15(2)3)13-17(18)22-19(24)14-23-11-7-5-6-8-12-23/h9-10,13,15H,4-8,11-12,14H2,1-3H3,(H,21,25). The number of benzene rings is 1. The summed E-state index contributed by atoms with van der Waals surface area (Å²) in [6.45, 7) is 10.1. The molecule has 1 aliphatic rings. The lowest BCUT2D eigenvalue weighted by atomic mass is 10.2. The molecule has 0 atom stereocenters. The number of carbonyl (C=O) groups is 1. The van der Waals surface area contributed by atoms with E-state index in [1.165, 1.54) is 38.8 Å². The van der Waals surface area contributed by atoms with Gasteiger partial charge < -0.3 is 9.88 Å². The van der Waals surface area contributed by atoms with Crippen molar-refractivity contribution in [3.05, 3.63) is 24.0 Å². The Morgan fingerprint density at radius 3 is 2.56 bits per heavy atom. The molecule has 5 nitrogen and oxygen atoms in total. The molecule has 136 valence electrons. The summed E-state index contributed by atoms with van der Waals surface area (Å²) >= 11 is 0. The van der Waals surface area contributed by atoms with E-state index in [0.29, 0.717) is 0 Å². The summed E-state index contributed by atoms with van der Waals surface area (Å²) in [5.41, 5.74) is 2.94. The van der Waals surface area contributed by atoms with Gasteiger partial charge in [-0.05, 0) is 51.1 Å². The number of anilines is 1. The van der Waals surface area contributed by atoms with Crippen LogP contribution in [0.2, 0.25) is 0 Å². The molecule has 0 bridgehead atoms. The van der Waals surface area contributed by atoms with Crippen LogP contribution in [-0.4, -0.2) is 33.4 Å². The van der Waals surface area contributed by atoms with E-state index in [1.807, 2.05) is 26.0 Å². The zero-order valence-electron chi connectivity index (χ0n) is 15.7. The fraction of sp³-hybridized carbons (Fsp3) is 0.600. The van der Waals surface area contributed by atoms with Crippen molar-refractivity contribution in [1.29, 1.82) is 0 Å². The van der Waals surface area contributed by atoms with Crippen LogP contribution in [0.15, 0.2) is 18.2 Å². The predicted molar refractivity (Wildman–Crippen MR) is 103 cm³/mol. The Labute approximate surface area is 150 Å². The minimum absolute atomic E-state index is 0.0255. The topological polar surface area (TPSA) is 50.2 Å². The molecule has 1 saturated heterocycles. The SMILES string of the molecule is CCn1c(CN2CCCCCC2)nc2cc(NC(=O)C(C)C)ccc21. The fourth-order valence-electron chi connectivity index (χ4n) is 3.51. The zero-order valence-corrected chi connectivity index (χ0v) is 15.7. The van der Waals surface area contributed by atoms with Gasteiger partial charge in [-0.1, -0.05) is 26.7 Å². The molecule has 5 heteroatoms. The molecule has 0 unspecified atom stereocenters. The van der Waals surface area contributed by atoms with Gasteiger partial charge in [0.25, 0.3) is 0 Å². The highest BCUT2D eigenvalue weighted by atomic mass is 16.1. The third kappa shape index (κ3) is 4.21. The largest absolute Gasteiger partial charge is 0.327 e. The number of rotatable bonds is 5. The van der Waals surface area contributed by atoms with Crippen molar-refractivity contribution in [3.8, 4) is 0 Å². The second kappa shape index (κ2) is 8.00. The zero-order chi connectivity index (χ0) is 17.8. The molecule has 3 rings (SSSR count). The minimum Gasteiger partial charge on any atom is -0.327 e. The number of carbonyl (C=O) groups excluding carboxylic acids is 1. The van der Waals surface area contributed by atoms with Gasteiger partial charge in [-0.15, -0.1) is 0 Å². The molecule has 1 aromatic heterocycles. The second-order valence-electron chi connectivity index (χ2n) is 7.31. The first kappa shape index (κ1) is 17.9. The average molecular weight is 342 g/mol. The molecule has 0 spiro atoms. The Hall–Kier alpha value is -1.88. The van der Waals surface area contributed by atoms with E-state index in [9.17, 15) is 4.79 Å². The van der Waals surface area contributed by atoms with Crippen LogP contribution in [0.25, 0.3) is 11.0 Å². The van der Waals surface area contributed by atoms with Gasteiger partial charge in [-0.25, -0.2) is 4.98 Å². The Morgan fingerprint density at radius 1 is 1.20 bits per heavy atom. The maximum Gasteiger partial charge on any atom is 0.226 e. The van der Waals surface area contributed by atoms with Crippen LogP contribution in [0.5, 0.6) is 0 Å². The van der Waals surface area contributed by atoms with Crippen molar-refractivity contribution in [2.75, 3.05) is 18.4 Å². The highest BCUT2D eigenvalue weighted by Gasteiger charge is 2.16. The molecule has 1 fully saturated rings. The van der Waals surface area contributed by atoms with Crippen LogP contribution in [0.4, 0.5) is 5.69 Å². The van der Waals surface area contributed by atoms with Gasteiger partial charge >= 0.3 is 0 Å². The second-order valence-corrected chi connectivity index (χ2v) is 7.31. The monoisotopic (exact) mass is 342 g/mol. The summed E-state index contributed by atoms with van der Waals surface area (Å²) in [6.07, 6.45) is 5.27. The van der Waals surface area contributed by atoms with Crippen molar-refractivity contribution in [1.82, 2.24) is 14.5 Å². The molecule has 0 saturated carbocycles. The van der Waals surface area contributed by atoms with Crippen molar-refractivity contribution in [2.45, 2.75) is 59.5 Å². The number of aryl methyl sites for hydroxylation is 1. The van der Waals surface area contributed by atoms with Crippen LogP contribution in [0.1, 0.15) is 52.3 Å². The number of amides is 1. The number of imidazole rings is 1. The minimum atomic E-state index is -0.0255. The Balaban J connectivity index is 1.84. The highest BCUT2D eigenvalue weighted by Crippen LogP contribution is 2.23. The van der Waals surface area contributed by atoms with Crippen LogP contribution in [-0.2, 0) is 17.9 Å². The number of hydrogen-bond acceptors (Lipinski definition) is 3. The van der Waals surface area contributed by atoms with Gasteiger partial charge in [0.2, 0.25) is 5.91 Å². The molecule has 1 N–H and O–H groups in total.